The average Bonchev–Trinajstić information content (AvgIpc) is 2.75. The van der Waals surface area contributed by atoms with Crippen molar-refractivity contribution < 1.29 is 14.6 Å². The normalized spacial score (nSPS) is 12.4. The first kappa shape index (κ1) is 14.0. The van der Waals surface area contributed by atoms with Crippen molar-refractivity contribution in [1.29, 1.82) is 0 Å². The molecule has 6 nitrogen and oxygen atoms in total. The van der Waals surface area contributed by atoms with Crippen molar-refractivity contribution in [2.45, 2.75) is 12.5 Å². The highest BCUT2D eigenvalue weighted by Crippen LogP contribution is 2.09. The van der Waals surface area contributed by atoms with Gasteiger partial charge in [-0.3, -0.25) is 4.79 Å². The third-order valence-corrected chi connectivity index (χ3v) is 2.91. The van der Waals surface area contributed by atoms with Crippen LogP contribution < -0.4 is 11.1 Å². The number of ether oxygens (including phenoxy) is 1. The molecule has 4 N–H and O–H groups in total. The molecule has 0 saturated carbocycles. The molecule has 0 fully saturated rings. The van der Waals surface area contributed by atoms with Gasteiger partial charge in [0.1, 0.15) is 5.69 Å². The molecule has 0 radical (unpaired) electrons. The van der Waals surface area contributed by atoms with Crippen LogP contribution in [0.15, 0.2) is 5.38 Å². The lowest BCUT2D eigenvalue weighted by molar-refractivity contribution is 0.0609. The maximum atomic E-state index is 11.6. The lowest BCUT2D eigenvalue weighted by atomic mass is 10.3. The molecule has 0 spiro atoms. The summed E-state index contributed by atoms with van der Waals surface area (Å²) in [5.74, 6) is -0.292. The fraction of sp³-hybridized carbons (Fsp3) is 0.600. The van der Waals surface area contributed by atoms with Gasteiger partial charge in [0.25, 0.3) is 5.91 Å². The lowest BCUT2D eigenvalue weighted by Gasteiger charge is -2.09. The van der Waals surface area contributed by atoms with Gasteiger partial charge >= 0.3 is 0 Å². The van der Waals surface area contributed by atoms with E-state index in [0.717, 1.165) is 5.01 Å². The second-order valence-electron chi connectivity index (χ2n) is 3.48. The maximum absolute atomic E-state index is 11.6. The molecule has 0 aliphatic carbocycles. The van der Waals surface area contributed by atoms with Crippen LogP contribution in [0, 0.1) is 0 Å². The first-order chi connectivity index (χ1) is 8.17. The first-order valence-corrected chi connectivity index (χ1v) is 6.15. The minimum absolute atomic E-state index is 0.149. The van der Waals surface area contributed by atoms with Gasteiger partial charge in [-0.15, -0.1) is 11.3 Å². The number of carbonyl (C=O) groups excluding carboxylic acids is 1. The summed E-state index contributed by atoms with van der Waals surface area (Å²) in [5.41, 5.74) is 5.76. The Kier molecular flexibility index (Phi) is 6.06. The summed E-state index contributed by atoms with van der Waals surface area (Å²) in [6.45, 7) is 0.854. The summed E-state index contributed by atoms with van der Waals surface area (Å²) in [4.78, 5) is 15.8. The van der Waals surface area contributed by atoms with E-state index in [-0.39, 0.29) is 19.1 Å². The number of nitrogens with two attached hydrogens (primary N) is 1. The van der Waals surface area contributed by atoms with E-state index in [1.165, 1.54) is 18.4 Å². The number of nitrogens with one attached hydrogen (secondary N) is 1. The van der Waals surface area contributed by atoms with Crippen molar-refractivity contribution in [3.63, 3.8) is 0 Å². The van der Waals surface area contributed by atoms with Crippen LogP contribution in [-0.2, 0) is 11.2 Å². The lowest BCUT2D eigenvalue weighted by Crippen LogP contribution is -2.34. The molecule has 1 unspecified atom stereocenters. The number of amides is 1. The zero-order chi connectivity index (χ0) is 12.7. The van der Waals surface area contributed by atoms with E-state index in [9.17, 15) is 9.90 Å². The van der Waals surface area contributed by atoms with Crippen LogP contribution in [0.4, 0.5) is 0 Å². The van der Waals surface area contributed by atoms with Crippen LogP contribution in [0.2, 0.25) is 0 Å². The summed E-state index contributed by atoms with van der Waals surface area (Å²) in [7, 11) is 1.49. The molecule has 7 heteroatoms. The molecule has 17 heavy (non-hydrogen) atoms. The van der Waals surface area contributed by atoms with Crippen LogP contribution >= 0.6 is 11.3 Å². The van der Waals surface area contributed by atoms with Gasteiger partial charge in [0, 0.05) is 25.5 Å². The Hall–Kier alpha value is -1.02. The zero-order valence-corrected chi connectivity index (χ0v) is 10.5. The summed E-state index contributed by atoms with van der Waals surface area (Å²) < 4.78 is 4.75. The third-order valence-electron chi connectivity index (χ3n) is 2.00. The topological polar surface area (TPSA) is 97.5 Å². The van der Waals surface area contributed by atoms with Crippen molar-refractivity contribution in [1.82, 2.24) is 10.3 Å². The summed E-state index contributed by atoms with van der Waals surface area (Å²) in [6.07, 6.45) is -0.0318. The monoisotopic (exact) mass is 259 g/mol. The minimum Gasteiger partial charge on any atom is -0.389 e. The maximum Gasteiger partial charge on any atom is 0.270 e. The quantitative estimate of drug-likeness (QED) is 0.606. The molecule has 0 bridgehead atoms. The van der Waals surface area contributed by atoms with Gasteiger partial charge in [-0.05, 0) is 6.54 Å². The van der Waals surface area contributed by atoms with Gasteiger partial charge in [-0.1, -0.05) is 0 Å². The molecule has 1 aromatic heterocycles. The van der Waals surface area contributed by atoms with Gasteiger partial charge in [0.05, 0.1) is 17.7 Å². The largest absolute Gasteiger partial charge is 0.389 e. The Balaban J connectivity index is 2.40. The Bertz CT molecular complexity index is 356. The predicted octanol–water partition coefficient (Wildman–Crippen LogP) is -0.619. The second kappa shape index (κ2) is 7.33. The summed E-state index contributed by atoms with van der Waals surface area (Å²) >= 11 is 1.41. The number of nitrogens with zero attached hydrogens (tertiary/aromatic N) is 1. The number of thiazole rings is 1. The molecule has 1 rings (SSSR count). The highest BCUT2D eigenvalue weighted by atomic mass is 32.1. The molecule has 0 saturated heterocycles. The molecule has 1 amide bonds. The SMILES string of the molecule is COCC(O)CNC(=O)c1csc(CCN)n1. The standard InChI is InChI=1S/C10H17N3O3S/c1-16-5-7(14)4-12-10(15)8-6-17-9(13-8)2-3-11/h6-7,14H,2-5,11H2,1H3,(H,12,15). The van der Waals surface area contributed by atoms with Gasteiger partial charge in [-0.25, -0.2) is 4.98 Å². The number of aromatic nitrogens is 1. The molecule has 0 aliphatic heterocycles. The van der Waals surface area contributed by atoms with Gasteiger partial charge in [-0.2, -0.15) is 0 Å². The molecule has 96 valence electrons. The Morgan fingerprint density at radius 3 is 3.18 bits per heavy atom. The van der Waals surface area contributed by atoms with E-state index in [1.54, 1.807) is 5.38 Å². The fourth-order valence-corrected chi connectivity index (χ4v) is 2.00. The van der Waals surface area contributed by atoms with Crippen LogP contribution in [0.1, 0.15) is 15.5 Å². The minimum atomic E-state index is -0.703. The van der Waals surface area contributed by atoms with Gasteiger partial charge in [0.2, 0.25) is 0 Å². The highest BCUT2D eigenvalue weighted by molar-refractivity contribution is 7.09. The predicted molar refractivity (Wildman–Crippen MR) is 65.1 cm³/mol. The van der Waals surface area contributed by atoms with E-state index in [0.29, 0.717) is 18.7 Å². The summed E-state index contributed by atoms with van der Waals surface area (Å²) in [5, 5.41) is 14.5. The van der Waals surface area contributed by atoms with E-state index in [1.807, 2.05) is 0 Å². The molecular formula is C10H17N3O3S. The van der Waals surface area contributed by atoms with Crippen LogP contribution in [0.5, 0.6) is 0 Å². The Morgan fingerprint density at radius 1 is 1.76 bits per heavy atom. The van der Waals surface area contributed by atoms with Crippen molar-refractivity contribution >= 4 is 17.2 Å². The van der Waals surface area contributed by atoms with E-state index in [4.69, 9.17) is 10.5 Å². The number of hydrogen-bond donors (Lipinski definition) is 3. The van der Waals surface area contributed by atoms with Crippen LogP contribution in [0.25, 0.3) is 0 Å². The molecule has 1 atom stereocenters. The van der Waals surface area contributed by atoms with E-state index in [2.05, 4.69) is 10.3 Å². The summed E-state index contributed by atoms with van der Waals surface area (Å²) in [6, 6.07) is 0. The first-order valence-electron chi connectivity index (χ1n) is 5.27. The number of rotatable bonds is 7. The molecule has 1 heterocycles. The zero-order valence-electron chi connectivity index (χ0n) is 9.68. The Morgan fingerprint density at radius 2 is 2.53 bits per heavy atom. The number of aliphatic hydroxyl groups is 1. The number of methoxy groups -OCH3 is 1. The van der Waals surface area contributed by atoms with Crippen LogP contribution in [-0.4, -0.2) is 48.9 Å². The van der Waals surface area contributed by atoms with Gasteiger partial charge in [0.15, 0.2) is 0 Å². The Labute approximate surface area is 104 Å². The molecule has 0 aromatic carbocycles. The number of carbonyl (C=O) groups is 1. The van der Waals surface area contributed by atoms with E-state index >= 15 is 0 Å². The smallest absolute Gasteiger partial charge is 0.270 e. The third kappa shape index (κ3) is 4.78. The number of hydrogen-bond acceptors (Lipinski definition) is 6. The molecule has 1 aromatic rings. The number of aliphatic hydroxyl groups excluding tert-OH is 1. The van der Waals surface area contributed by atoms with Crippen molar-refractivity contribution in [3.8, 4) is 0 Å². The van der Waals surface area contributed by atoms with Gasteiger partial charge < -0.3 is 20.9 Å². The van der Waals surface area contributed by atoms with E-state index < -0.39 is 6.10 Å². The highest BCUT2D eigenvalue weighted by Gasteiger charge is 2.12. The second-order valence-corrected chi connectivity index (χ2v) is 4.43. The van der Waals surface area contributed by atoms with Crippen molar-refractivity contribution in [3.05, 3.63) is 16.1 Å². The molecule has 0 aliphatic rings. The average molecular weight is 259 g/mol. The fourth-order valence-electron chi connectivity index (χ4n) is 1.21. The molecular weight excluding hydrogens is 242 g/mol. The van der Waals surface area contributed by atoms with Crippen molar-refractivity contribution in [2.75, 3.05) is 26.8 Å². The van der Waals surface area contributed by atoms with Crippen LogP contribution in [0.3, 0.4) is 0 Å². The van der Waals surface area contributed by atoms with Crippen molar-refractivity contribution in [2.24, 2.45) is 5.73 Å².